The molecule has 20 heavy (non-hydrogen) atoms. The third-order valence-electron chi connectivity index (χ3n) is 4.14. The monoisotopic (exact) mass is 278 g/mol. The highest BCUT2D eigenvalue weighted by atomic mass is 19.1. The summed E-state index contributed by atoms with van der Waals surface area (Å²) in [4.78, 5) is 0. The standard InChI is InChI=1S/C17H27FN2/c1-17(2,3)16(14-4-6-15(18)7-5-14)20-12-13-8-10-19-11-9-13/h4-7,13,16,19-20H,8-12H2,1-3H3. The van der Waals surface area contributed by atoms with Gasteiger partial charge in [0.2, 0.25) is 0 Å². The van der Waals surface area contributed by atoms with Crippen LogP contribution in [0.4, 0.5) is 4.39 Å². The van der Waals surface area contributed by atoms with Gasteiger partial charge in [0, 0.05) is 6.04 Å². The Morgan fingerprint density at radius 1 is 1.20 bits per heavy atom. The highest BCUT2D eigenvalue weighted by molar-refractivity contribution is 5.21. The predicted molar refractivity (Wildman–Crippen MR) is 82.2 cm³/mol. The van der Waals surface area contributed by atoms with Crippen LogP contribution >= 0.6 is 0 Å². The van der Waals surface area contributed by atoms with Crippen molar-refractivity contribution in [3.63, 3.8) is 0 Å². The fourth-order valence-corrected chi connectivity index (χ4v) is 2.95. The Bertz CT molecular complexity index is 402. The smallest absolute Gasteiger partial charge is 0.123 e. The van der Waals surface area contributed by atoms with Crippen molar-refractivity contribution >= 4 is 0 Å². The molecular formula is C17H27FN2. The zero-order valence-electron chi connectivity index (χ0n) is 12.9. The third kappa shape index (κ3) is 4.29. The summed E-state index contributed by atoms with van der Waals surface area (Å²) in [6.07, 6.45) is 2.49. The Morgan fingerprint density at radius 3 is 2.35 bits per heavy atom. The van der Waals surface area contributed by atoms with E-state index in [0.29, 0.717) is 0 Å². The number of hydrogen-bond donors (Lipinski definition) is 2. The van der Waals surface area contributed by atoms with E-state index in [0.717, 1.165) is 25.6 Å². The average molecular weight is 278 g/mol. The van der Waals surface area contributed by atoms with E-state index in [1.165, 1.54) is 18.4 Å². The first-order chi connectivity index (χ1) is 9.47. The molecule has 1 aromatic carbocycles. The maximum absolute atomic E-state index is 13.1. The molecule has 0 radical (unpaired) electrons. The minimum absolute atomic E-state index is 0.116. The van der Waals surface area contributed by atoms with Crippen molar-refractivity contribution in [1.82, 2.24) is 10.6 Å². The van der Waals surface area contributed by atoms with E-state index < -0.39 is 0 Å². The largest absolute Gasteiger partial charge is 0.317 e. The molecule has 2 nitrogen and oxygen atoms in total. The summed E-state index contributed by atoms with van der Waals surface area (Å²) in [6, 6.07) is 7.18. The molecule has 1 heterocycles. The molecule has 1 unspecified atom stereocenters. The van der Waals surface area contributed by atoms with Crippen molar-refractivity contribution in [2.45, 2.75) is 39.7 Å². The highest BCUT2D eigenvalue weighted by Gasteiger charge is 2.27. The quantitative estimate of drug-likeness (QED) is 0.881. The Hall–Kier alpha value is -0.930. The van der Waals surface area contributed by atoms with Gasteiger partial charge in [-0.15, -0.1) is 0 Å². The van der Waals surface area contributed by atoms with Gasteiger partial charge >= 0.3 is 0 Å². The first-order valence-electron chi connectivity index (χ1n) is 7.66. The van der Waals surface area contributed by atoms with Gasteiger partial charge in [0.1, 0.15) is 5.82 Å². The maximum atomic E-state index is 13.1. The second-order valence-electron chi connectivity index (χ2n) is 6.95. The van der Waals surface area contributed by atoms with Crippen LogP contribution in [-0.2, 0) is 0 Å². The Balaban J connectivity index is 2.02. The van der Waals surface area contributed by atoms with E-state index >= 15 is 0 Å². The topological polar surface area (TPSA) is 24.1 Å². The molecule has 112 valence electrons. The lowest BCUT2D eigenvalue weighted by Gasteiger charge is -2.34. The highest BCUT2D eigenvalue weighted by Crippen LogP contribution is 2.33. The molecule has 1 aliphatic rings. The minimum atomic E-state index is -0.167. The molecule has 0 spiro atoms. The van der Waals surface area contributed by atoms with Crippen molar-refractivity contribution in [3.05, 3.63) is 35.6 Å². The lowest BCUT2D eigenvalue weighted by molar-refractivity contribution is 0.246. The summed E-state index contributed by atoms with van der Waals surface area (Å²) in [5.41, 5.74) is 1.29. The normalized spacial score (nSPS) is 19.0. The molecule has 0 aromatic heterocycles. The van der Waals surface area contributed by atoms with Gasteiger partial charge in [0.15, 0.2) is 0 Å². The number of hydrogen-bond acceptors (Lipinski definition) is 2. The predicted octanol–water partition coefficient (Wildman–Crippen LogP) is 3.50. The SMILES string of the molecule is CC(C)(C)C(NCC1CCNCC1)c1ccc(F)cc1. The zero-order chi connectivity index (χ0) is 14.6. The van der Waals surface area contributed by atoms with Crippen LogP contribution in [0.3, 0.4) is 0 Å². The molecular weight excluding hydrogens is 251 g/mol. The zero-order valence-corrected chi connectivity index (χ0v) is 12.9. The molecule has 1 fully saturated rings. The van der Waals surface area contributed by atoms with Gasteiger partial charge < -0.3 is 10.6 Å². The molecule has 2 rings (SSSR count). The van der Waals surface area contributed by atoms with Gasteiger partial charge in [-0.25, -0.2) is 4.39 Å². The summed E-state index contributed by atoms with van der Waals surface area (Å²) in [5.74, 6) is 0.585. The van der Waals surface area contributed by atoms with Crippen LogP contribution in [-0.4, -0.2) is 19.6 Å². The van der Waals surface area contributed by atoms with Crippen LogP contribution in [0.5, 0.6) is 0 Å². The average Bonchev–Trinajstić information content (AvgIpc) is 2.41. The molecule has 1 aromatic rings. The Kier molecular flexibility index (Phi) is 5.17. The lowest BCUT2D eigenvalue weighted by Crippen LogP contribution is -2.38. The van der Waals surface area contributed by atoms with Crippen LogP contribution in [0, 0.1) is 17.2 Å². The minimum Gasteiger partial charge on any atom is -0.317 e. The molecule has 2 N–H and O–H groups in total. The maximum Gasteiger partial charge on any atom is 0.123 e. The van der Waals surface area contributed by atoms with E-state index in [1.807, 2.05) is 12.1 Å². The van der Waals surface area contributed by atoms with Gasteiger partial charge in [0.25, 0.3) is 0 Å². The molecule has 0 bridgehead atoms. The van der Waals surface area contributed by atoms with Gasteiger partial charge in [0.05, 0.1) is 0 Å². The van der Waals surface area contributed by atoms with Gasteiger partial charge in [-0.2, -0.15) is 0 Å². The van der Waals surface area contributed by atoms with Crippen LogP contribution in [0.25, 0.3) is 0 Å². The number of halogens is 1. The third-order valence-corrected chi connectivity index (χ3v) is 4.14. The van der Waals surface area contributed by atoms with E-state index in [-0.39, 0.29) is 17.3 Å². The van der Waals surface area contributed by atoms with Gasteiger partial charge in [-0.05, 0) is 61.5 Å². The number of piperidine rings is 1. The summed E-state index contributed by atoms with van der Waals surface area (Å²) in [6.45, 7) is 10.00. The fourth-order valence-electron chi connectivity index (χ4n) is 2.95. The second kappa shape index (κ2) is 6.68. The van der Waals surface area contributed by atoms with Gasteiger partial charge in [-0.1, -0.05) is 32.9 Å². The van der Waals surface area contributed by atoms with E-state index in [2.05, 4.69) is 31.4 Å². The Morgan fingerprint density at radius 2 is 1.80 bits per heavy atom. The van der Waals surface area contributed by atoms with Crippen molar-refractivity contribution in [2.75, 3.05) is 19.6 Å². The van der Waals surface area contributed by atoms with E-state index in [1.54, 1.807) is 12.1 Å². The molecule has 3 heteroatoms. The molecule has 1 atom stereocenters. The van der Waals surface area contributed by atoms with Crippen molar-refractivity contribution < 1.29 is 4.39 Å². The summed E-state index contributed by atoms with van der Waals surface area (Å²) >= 11 is 0. The van der Waals surface area contributed by atoms with Gasteiger partial charge in [-0.3, -0.25) is 0 Å². The molecule has 1 saturated heterocycles. The van der Waals surface area contributed by atoms with Crippen molar-refractivity contribution in [3.8, 4) is 0 Å². The first kappa shape index (κ1) is 15.5. The lowest BCUT2D eigenvalue weighted by atomic mass is 9.82. The van der Waals surface area contributed by atoms with E-state index in [9.17, 15) is 4.39 Å². The van der Waals surface area contributed by atoms with Crippen LogP contribution in [0.1, 0.15) is 45.2 Å². The second-order valence-corrected chi connectivity index (χ2v) is 6.95. The number of benzene rings is 1. The van der Waals surface area contributed by atoms with Crippen LogP contribution in [0.2, 0.25) is 0 Å². The summed E-state index contributed by atoms with van der Waals surface area (Å²) in [7, 11) is 0. The fraction of sp³-hybridized carbons (Fsp3) is 0.647. The van der Waals surface area contributed by atoms with E-state index in [4.69, 9.17) is 0 Å². The van der Waals surface area contributed by atoms with Crippen molar-refractivity contribution in [1.29, 1.82) is 0 Å². The summed E-state index contributed by atoms with van der Waals surface area (Å²) < 4.78 is 13.1. The Labute approximate surface area is 122 Å². The van der Waals surface area contributed by atoms with Crippen LogP contribution in [0.15, 0.2) is 24.3 Å². The molecule has 0 saturated carbocycles. The molecule has 1 aliphatic heterocycles. The number of rotatable bonds is 4. The van der Waals surface area contributed by atoms with Crippen LogP contribution < -0.4 is 10.6 Å². The summed E-state index contributed by atoms with van der Waals surface area (Å²) in [5, 5.41) is 7.12. The number of nitrogens with one attached hydrogen (secondary N) is 2. The first-order valence-corrected chi connectivity index (χ1v) is 7.66. The molecule has 0 amide bonds. The van der Waals surface area contributed by atoms with Crippen molar-refractivity contribution in [2.24, 2.45) is 11.3 Å². The molecule has 0 aliphatic carbocycles.